The molecule has 0 N–H and O–H groups in total. The molecule has 0 radical (unpaired) electrons. The summed E-state index contributed by atoms with van der Waals surface area (Å²) in [6, 6.07) is 8.75. The van der Waals surface area contributed by atoms with E-state index in [1.807, 2.05) is 6.08 Å². The standard InChI is InChI=1S/C12H16N/c1-4-11-5-7-12(8-6-11)9-13-10(2)3/h4-8,10H,1,9H2,2-3H3/q-1. The van der Waals surface area contributed by atoms with Gasteiger partial charge in [-0.1, -0.05) is 56.3 Å². The van der Waals surface area contributed by atoms with E-state index in [1.165, 1.54) is 5.56 Å². The minimum Gasteiger partial charge on any atom is -0.656 e. The van der Waals surface area contributed by atoms with Crippen molar-refractivity contribution in [2.45, 2.75) is 26.4 Å². The van der Waals surface area contributed by atoms with Crippen LogP contribution >= 0.6 is 0 Å². The van der Waals surface area contributed by atoms with Gasteiger partial charge in [0, 0.05) is 0 Å². The molecule has 0 fully saturated rings. The molecule has 0 spiro atoms. The van der Waals surface area contributed by atoms with E-state index in [-0.39, 0.29) is 0 Å². The van der Waals surface area contributed by atoms with E-state index in [0.717, 1.165) is 12.1 Å². The second kappa shape index (κ2) is 4.83. The van der Waals surface area contributed by atoms with Gasteiger partial charge in [0.05, 0.1) is 0 Å². The molecule has 0 saturated carbocycles. The molecule has 0 aliphatic rings. The van der Waals surface area contributed by atoms with Gasteiger partial charge >= 0.3 is 0 Å². The summed E-state index contributed by atoms with van der Waals surface area (Å²) >= 11 is 0. The highest BCUT2D eigenvalue weighted by Crippen LogP contribution is 2.10. The Hall–Kier alpha value is -1.08. The first-order valence-corrected chi connectivity index (χ1v) is 4.60. The van der Waals surface area contributed by atoms with Crippen LogP contribution < -0.4 is 0 Å². The fraction of sp³-hybridized carbons (Fsp3) is 0.333. The zero-order valence-corrected chi connectivity index (χ0v) is 8.33. The second-order valence-electron chi connectivity index (χ2n) is 3.38. The van der Waals surface area contributed by atoms with Crippen LogP contribution in [0.2, 0.25) is 0 Å². The Morgan fingerprint density at radius 1 is 1.31 bits per heavy atom. The minimum absolute atomic E-state index is 0.416. The first-order chi connectivity index (χ1) is 6.22. The lowest BCUT2D eigenvalue weighted by molar-refractivity contribution is 0.875. The largest absolute Gasteiger partial charge is 0.656 e. The molecule has 0 saturated heterocycles. The maximum absolute atomic E-state index is 4.42. The molecule has 0 aliphatic heterocycles. The van der Waals surface area contributed by atoms with Gasteiger partial charge in [-0.2, -0.15) is 0 Å². The van der Waals surface area contributed by atoms with Crippen molar-refractivity contribution in [1.29, 1.82) is 0 Å². The van der Waals surface area contributed by atoms with E-state index in [0.29, 0.717) is 6.04 Å². The van der Waals surface area contributed by atoms with Crippen molar-refractivity contribution in [2.24, 2.45) is 0 Å². The fourth-order valence-corrected chi connectivity index (χ4v) is 1.05. The lowest BCUT2D eigenvalue weighted by Crippen LogP contribution is -1.94. The maximum atomic E-state index is 4.42. The highest BCUT2D eigenvalue weighted by Gasteiger charge is 1.86. The molecule has 0 amide bonds. The van der Waals surface area contributed by atoms with Gasteiger partial charge in [0.1, 0.15) is 0 Å². The van der Waals surface area contributed by atoms with Gasteiger partial charge in [-0.3, -0.25) is 0 Å². The monoisotopic (exact) mass is 174 g/mol. The van der Waals surface area contributed by atoms with Crippen LogP contribution in [0, 0.1) is 0 Å². The maximum Gasteiger partial charge on any atom is -0.0262 e. The number of rotatable bonds is 4. The minimum atomic E-state index is 0.416. The summed E-state index contributed by atoms with van der Waals surface area (Å²) in [5, 5.41) is 4.42. The van der Waals surface area contributed by atoms with Crippen LogP contribution in [-0.2, 0) is 6.54 Å². The third kappa shape index (κ3) is 3.43. The Kier molecular flexibility index (Phi) is 3.71. The zero-order chi connectivity index (χ0) is 9.68. The van der Waals surface area contributed by atoms with Crippen LogP contribution in [0.3, 0.4) is 0 Å². The summed E-state index contributed by atoms with van der Waals surface area (Å²) < 4.78 is 0. The van der Waals surface area contributed by atoms with Crippen molar-refractivity contribution in [3.05, 3.63) is 47.3 Å². The quantitative estimate of drug-likeness (QED) is 0.662. The third-order valence-electron chi connectivity index (χ3n) is 1.85. The number of benzene rings is 1. The van der Waals surface area contributed by atoms with Crippen molar-refractivity contribution in [3.63, 3.8) is 0 Å². The van der Waals surface area contributed by atoms with E-state index in [2.05, 4.69) is 50.0 Å². The molecular formula is C12H16N-. The van der Waals surface area contributed by atoms with Crippen molar-refractivity contribution >= 4 is 6.08 Å². The smallest absolute Gasteiger partial charge is 0.0262 e. The van der Waals surface area contributed by atoms with Crippen molar-refractivity contribution in [1.82, 2.24) is 0 Å². The van der Waals surface area contributed by atoms with E-state index in [9.17, 15) is 0 Å². The van der Waals surface area contributed by atoms with Gasteiger partial charge in [0.25, 0.3) is 0 Å². The summed E-state index contributed by atoms with van der Waals surface area (Å²) in [6.45, 7) is 8.72. The molecule has 1 aromatic rings. The van der Waals surface area contributed by atoms with Crippen LogP contribution in [-0.4, -0.2) is 6.04 Å². The van der Waals surface area contributed by atoms with Crippen molar-refractivity contribution in [3.8, 4) is 0 Å². The molecule has 0 aromatic heterocycles. The predicted molar refractivity (Wildman–Crippen MR) is 58.7 cm³/mol. The van der Waals surface area contributed by atoms with Gasteiger partial charge in [-0.15, -0.1) is 12.6 Å². The Balaban J connectivity index is 2.54. The third-order valence-corrected chi connectivity index (χ3v) is 1.85. The average Bonchev–Trinajstić information content (AvgIpc) is 2.15. The van der Waals surface area contributed by atoms with Crippen LogP contribution in [0.5, 0.6) is 0 Å². The molecule has 13 heavy (non-hydrogen) atoms. The lowest BCUT2D eigenvalue weighted by Gasteiger charge is -2.23. The molecule has 70 valence electrons. The summed E-state index contributed by atoms with van der Waals surface area (Å²) in [4.78, 5) is 0. The summed E-state index contributed by atoms with van der Waals surface area (Å²) in [7, 11) is 0. The topological polar surface area (TPSA) is 14.1 Å². The molecule has 0 bridgehead atoms. The Morgan fingerprint density at radius 2 is 1.92 bits per heavy atom. The van der Waals surface area contributed by atoms with Crippen LogP contribution in [0.1, 0.15) is 25.0 Å². The Labute approximate surface area is 80.5 Å². The molecule has 0 aliphatic carbocycles. The number of hydrogen-bond donors (Lipinski definition) is 0. The van der Waals surface area contributed by atoms with Gasteiger partial charge in [-0.05, 0) is 5.56 Å². The van der Waals surface area contributed by atoms with Crippen LogP contribution in [0.4, 0.5) is 0 Å². The molecular weight excluding hydrogens is 158 g/mol. The van der Waals surface area contributed by atoms with E-state index in [4.69, 9.17) is 0 Å². The van der Waals surface area contributed by atoms with Crippen LogP contribution in [0.25, 0.3) is 11.4 Å². The number of hydrogen-bond acceptors (Lipinski definition) is 0. The molecule has 1 heteroatoms. The first-order valence-electron chi connectivity index (χ1n) is 4.60. The molecule has 1 nitrogen and oxygen atoms in total. The Bertz CT molecular complexity index is 259. The molecule has 0 unspecified atom stereocenters. The van der Waals surface area contributed by atoms with Crippen molar-refractivity contribution in [2.75, 3.05) is 0 Å². The van der Waals surface area contributed by atoms with E-state index >= 15 is 0 Å². The second-order valence-corrected chi connectivity index (χ2v) is 3.38. The highest BCUT2D eigenvalue weighted by atomic mass is 14.9. The van der Waals surface area contributed by atoms with Gasteiger partial charge in [0.15, 0.2) is 0 Å². The van der Waals surface area contributed by atoms with Crippen molar-refractivity contribution < 1.29 is 0 Å². The summed E-state index contributed by atoms with van der Waals surface area (Å²) in [5.41, 5.74) is 2.42. The average molecular weight is 174 g/mol. The summed E-state index contributed by atoms with van der Waals surface area (Å²) in [6.07, 6.45) is 1.85. The highest BCUT2D eigenvalue weighted by molar-refractivity contribution is 5.47. The van der Waals surface area contributed by atoms with E-state index < -0.39 is 0 Å². The summed E-state index contributed by atoms with van der Waals surface area (Å²) in [5.74, 6) is 0. The lowest BCUT2D eigenvalue weighted by atomic mass is 10.1. The molecule has 1 aromatic carbocycles. The van der Waals surface area contributed by atoms with Gasteiger partial charge in [-0.25, -0.2) is 0 Å². The van der Waals surface area contributed by atoms with Crippen LogP contribution in [0.15, 0.2) is 30.8 Å². The fourth-order valence-electron chi connectivity index (χ4n) is 1.05. The van der Waals surface area contributed by atoms with E-state index in [1.54, 1.807) is 0 Å². The zero-order valence-electron chi connectivity index (χ0n) is 8.33. The molecule has 0 atom stereocenters. The molecule has 1 rings (SSSR count). The molecule has 0 heterocycles. The Morgan fingerprint density at radius 3 is 2.38 bits per heavy atom. The van der Waals surface area contributed by atoms with Gasteiger partial charge < -0.3 is 5.32 Å². The SMILES string of the molecule is C=Cc1ccc(C[N-]C(C)C)cc1. The number of nitrogens with zero attached hydrogens (tertiary/aromatic N) is 1. The first kappa shape index (κ1) is 10.0. The normalized spacial score (nSPS) is 10.4. The predicted octanol–water partition coefficient (Wildman–Crippen LogP) is 3.61. The van der Waals surface area contributed by atoms with Gasteiger partial charge in [0.2, 0.25) is 0 Å².